The lowest BCUT2D eigenvalue weighted by Crippen LogP contribution is -2.57. The first-order valence-corrected chi connectivity index (χ1v) is 9.57. The molecule has 5 amide bonds. The lowest BCUT2D eigenvalue weighted by molar-refractivity contribution is -0.144. The summed E-state index contributed by atoms with van der Waals surface area (Å²) in [6.45, 7) is -0.976. The monoisotopic (exact) mass is 476 g/mol. The molecule has 0 aromatic heterocycles. The second kappa shape index (κ2) is 14.3. The summed E-state index contributed by atoms with van der Waals surface area (Å²) in [7, 11) is 0. The fraction of sp³-hybridized carbons (Fsp3) is 0.588. The van der Waals surface area contributed by atoms with E-state index in [9.17, 15) is 33.6 Å². The summed E-state index contributed by atoms with van der Waals surface area (Å²) in [5.74, 6) is -7.75. The lowest BCUT2D eigenvalue weighted by Gasteiger charge is -2.24. The molecule has 0 aliphatic heterocycles. The Hall–Kier alpha value is -3.79. The first-order chi connectivity index (χ1) is 15.3. The molecule has 0 aromatic carbocycles. The largest absolute Gasteiger partial charge is 0.481 e. The summed E-state index contributed by atoms with van der Waals surface area (Å²) in [5.41, 5.74) is 15.5. The van der Waals surface area contributed by atoms with Gasteiger partial charge in [0.2, 0.25) is 29.5 Å². The van der Waals surface area contributed by atoms with Crippen molar-refractivity contribution in [2.45, 2.75) is 56.3 Å². The first kappa shape index (κ1) is 29.2. The van der Waals surface area contributed by atoms with Crippen molar-refractivity contribution in [1.29, 1.82) is 0 Å². The molecular formula is C17H28N6O10. The molecule has 0 fully saturated rings. The first-order valence-electron chi connectivity index (χ1n) is 9.57. The van der Waals surface area contributed by atoms with E-state index in [0.29, 0.717) is 0 Å². The number of aliphatic carboxylic acids is 2. The number of carboxylic acids is 2. The van der Waals surface area contributed by atoms with Crippen LogP contribution in [0.4, 0.5) is 0 Å². The van der Waals surface area contributed by atoms with E-state index in [-0.39, 0.29) is 12.8 Å². The van der Waals surface area contributed by atoms with Gasteiger partial charge in [0.25, 0.3) is 0 Å². The van der Waals surface area contributed by atoms with Crippen LogP contribution in [0.25, 0.3) is 0 Å². The Labute approximate surface area is 187 Å². The van der Waals surface area contributed by atoms with Crippen LogP contribution in [0.5, 0.6) is 0 Å². The van der Waals surface area contributed by atoms with Crippen LogP contribution >= 0.6 is 0 Å². The highest BCUT2D eigenvalue weighted by Crippen LogP contribution is 2.04. The molecule has 0 bridgehead atoms. The molecule has 16 nitrogen and oxygen atoms in total. The van der Waals surface area contributed by atoms with Crippen LogP contribution in [0.15, 0.2) is 0 Å². The number of rotatable bonds is 16. The predicted molar refractivity (Wildman–Crippen MR) is 108 cm³/mol. The molecule has 0 aromatic rings. The number of nitrogens with two attached hydrogens (primary N) is 3. The van der Waals surface area contributed by atoms with E-state index < -0.39 is 91.5 Å². The molecule has 0 spiro atoms. The Balaban J connectivity index is 5.55. The molecule has 0 saturated heterocycles. The summed E-state index contributed by atoms with van der Waals surface area (Å²) in [6.07, 6.45) is -2.32. The van der Waals surface area contributed by atoms with Crippen LogP contribution in [-0.4, -0.2) is 87.6 Å². The van der Waals surface area contributed by atoms with Gasteiger partial charge in [-0.25, -0.2) is 4.79 Å². The fourth-order valence-corrected chi connectivity index (χ4v) is 2.41. The van der Waals surface area contributed by atoms with Crippen molar-refractivity contribution < 1.29 is 48.9 Å². The molecule has 12 N–H and O–H groups in total. The topological polar surface area (TPSA) is 294 Å². The van der Waals surface area contributed by atoms with E-state index in [1.165, 1.54) is 0 Å². The maximum Gasteiger partial charge on any atom is 0.328 e. The smallest absolute Gasteiger partial charge is 0.328 e. The molecule has 0 aliphatic carbocycles. The minimum atomic E-state index is -1.72. The quantitative estimate of drug-likeness (QED) is 0.101. The van der Waals surface area contributed by atoms with Gasteiger partial charge in [-0.1, -0.05) is 0 Å². The standard InChI is InChI=1S/C17H28N6O10/c18-7(5-12(20)26)14(29)21-8(1-3-11(19)25)15(30)22-9(2-4-13(27)28)16(31)23-10(6-24)17(32)33/h7-10,24H,1-6,18H2,(H2,19,25)(H2,20,26)(H,21,29)(H,22,30)(H,23,31)(H,27,28)(H,32,33). The van der Waals surface area contributed by atoms with Crippen LogP contribution in [0.1, 0.15) is 32.1 Å². The molecule has 4 unspecified atom stereocenters. The van der Waals surface area contributed by atoms with Gasteiger partial charge in [0.15, 0.2) is 0 Å². The SMILES string of the molecule is NC(=O)CCC(NC(=O)C(N)CC(N)=O)C(=O)NC(CCC(=O)O)C(=O)NC(CO)C(=O)O. The molecule has 0 heterocycles. The number of nitrogens with one attached hydrogen (secondary N) is 3. The van der Waals surface area contributed by atoms with Crippen LogP contribution < -0.4 is 33.2 Å². The Bertz CT molecular complexity index is 773. The molecule has 186 valence electrons. The number of carbonyl (C=O) groups is 7. The van der Waals surface area contributed by atoms with Gasteiger partial charge >= 0.3 is 11.9 Å². The minimum absolute atomic E-state index is 0.335. The molecular weight excluding hydrogens is 448 g/mol. The molecule has 16 heteroatoms. The van der Waals surface area contributed by atoms with Crippen molar-refractivity contribution >= 4 is 41.5 Å². The Kier molecular flexibility index (Phi) is 12.7. The number of hydrogen-bond donors (Lipinski definition) is 9. The van der Waals surface area contributed by atoms with Crippen molar-refractivity contribution in [3.8, 4) is 0 Å². The number of aliphatic hydroxyl groups is 1. The van der Waals surface area contributed by atoms with Gasteiger partial charge in [-0.3, -0.25) is 28.8 Å². The van der Waals surface area contributed by atoms with Crippen molar-refractivity contribution in [2.24, 2.45) is 17.2 Å². The average molecular weight is 476 g/mol. The third-order valence-electron chi connectivity index (χ3n) is 4.15. The third kappa shape index (κ3) is 12.0. The predicted octanol–water partition coefficient (Wildman–Crippen LogP) is -5.15. The molecule has 33 heavy (non-hydrogen) atoms. The summed E-state index contributed by atoms with van der Waals surface area (Å²) in [5, 5.41) is 33.1. The van der Waals surface area contributed by atoms with Crippen molar-refractivity contribution in [3.05, 3.63) is 0 Å². The zero-order valence-electron chi connectivity index (χ0n) is 17.5. The van der Waals surface area contributed by atoms with Gasteiger partial charge in [-0.05, 0) is 12.8 Å². The second-order valence-corrected chi connectivity index (χ2v) is 6.92. The number of hydrogen-bond acceptors (Lipinski definition) is 9. The van der Waals surface area contributed by atoms with Crippen molar-refractivity contribution in [1.82, 2.24) is 16.0 Å². The summed E-state index contributed by atoms with van der Waals surface area (Å²) >= 11 is 0. The summed E-state index contributed by atoms with van der Waals surface area (Å²) in [4.78, 5) is 81.1. The number of aliphatic hydroxyl groups excluding tert-OH is 1. The van der Waals surface area contributed by atoms with Gasteiger partial charge in [0.05, 0.1) is 19.1 Å². The highest BCUT2D eigenvalue weighted by Gasteiger charge is 2.30. The average Bonchev–Trinajstić information content (AvgIpc) is 2.70. The second-order valence-electron chi connectivity index (χ2n) is 6.92. The molecule has 0 saturated carbocycles. The van der Waals surface area contributed by atoms with Gasteiger partial charge in [-0.2, -0.15) is 0 Å². The number of carboxylic acid groups (broad SMARTS) is 2. The fourth-order valence-electron chi connectivity index (χ4n) is 2.41. The van der Waals surface area contributed by atoms with Gasteiger partial charge < -0.3 is 48.5 Å². The molecule has 0 aliphatic rings. The maximum atomic E-state index is 12.7. The number of carbonyl (C=O) groups excluding carboxylic acids is 5. The maximum absolute atomic E-state index is 12.7. The van der Waals surface area contributed by atoms with E-state index in [2.05, 4.69) is 10.6 Å². The number of primary amides is 2. The minimum Gasteiger partial charge on any atom is -0.481 e. The highest BCUT2D eigenvalue weighted by atomic mass is 16.4. The van der Waals surface area contributed by atoms with Crippen LogP contribution in [-0.2, 0) is 33.6 Å². The normalized spacial score (nSPS) is 14.1. The summed E-state index contributed by atoms with van der Waals surface area (Å²) < 4.78 is 0. The Morgan fingerprint density at radius 2 is 1.15 bits per heavy atom. The summed E-state index contributed by atoms with van der Waals surface area (Å²) in [6, 6.07) is -6.19. The zero-order chi connectivity index (χ0) is 25.7. The van der Waals surface area contributed by atoms with Gasteiger partial charge in [0, 0.05) is 12.8 Å². The van der Waals surface area contributed by atoms with Crippen LogP contribution in [0, 0.1) is 0 Å². The molecule has 0 rings (SSSR count). The Morgan fingerprint density at radius 1 is 0.697 bits per heavy atom. The highest BCUT2D eigenvalue weighted by molar-refractivity contribution is 5.95. The van der Waals surface area contributed by atoms with Crippen molar-refractivity contribution in [2.75, 3.05) is 6.61 Å². The third-order valence-corrected chi connectivity index (χ3v) is 4.15. The van der Waals surface area contributed by atoms with E-state index in [4.69, 9.17) is 32.5 Å². The lowest BCUT2D eigenvalue weighted by atomic mass is 10.1. The van der Waals surface area contributed by atoms with E-state index >= 15 is 0 Å². The van der Waals surface area contributed by atoms with Gasteiger partial charge in [0.1, 0.15) is 18.1 Å². The van der Waals surface area contributed by atoms with E-state index in [1.807, 2.05) is 5.32 Å². The van der Waals surface area contributed by atoms with E-state index in [1.54, 1.807) is 0 Å². The van der Waals surface area contributed by atoms with E-state index in [0.717, 1.165) is 0 Å². The van der Waals surface area contributed by atoms with Gasteiger partial charge in [-0.15, -0.1) is 0 Å². The molecule has 0 radical (unpaired) electrons. The van der Waals surface area contributed by atoms with Crippen molar-refractivity contribution in [3.63, 3.8) is 0 Å². The van der Waals surface area contributed by atoms with Crippen LogP contribution in [0.2, 0.25) is 0 Å². The zero-order valence-corrected chi connectivity index (χ0v) is 17.5. The number of amides is 5. The molecule has 4 atom stereocenters. The Morgan fingerprint density at radius 3 is 1.55 bits per heavy atom. The van der Waals surface area contributed by atoms with Crippen LogP contribution in [0.3, 0.4) is 0 Å².